The highest BCUT2D eigenvalue weighted by Gasteiger charge is 2.45. The molecule has 1 aromatic rings. The first-order chi connectivity index (χ1) is 12.3. The molecule has 0 aliphatic carbocycles. The summed E-state index contributed by atoms with van der Waals surface area (Å²) in [7, 11) is 3.39. The van der Waals surface area contributed by atoms with E-state index < -0.39 is 5.41 Å². The minimum absolute atomic E-state index is 0.0138. The Labute approximate surface area is 151 Å². The van der Waals surface area contributed by atoms with Crippen LogP contribution < -0.4 is 5.32 Å². The van der Waals surface area contributed by atoms with Gasteiger partial charge in [0.2, 0.25) is 17.7 Å². The number of carbonyl (C=O) groups excluding carboxylic acids is 3. The average molecular weight is 364 g/mol. The zero-order valence-electron chi connectivity index (χ0n) is 15.3. The van der Waals surface area contributed by atoms with Crippen molar-refractivity contribution in [2.24, 2.45) is 5.41 Å². The van der Waals surface area contributed by atoms with Crippen molar-refractivity contribution in [1.29, 1.82) is 0 Å². The van der Waals surface area contributed by atoms with E-state index in [1.165, 1.54) is 4.90 Å². The van der Waals surface area contributed by atoms with Crippen LogP contribution in [0.25, 0.3) is 0 Å². The molecular formula is C16H24N6O4. The number of aryl methyl sites for hydroxylation is 1. The Morgan fingerprint density at radius 1 is 1.27 bits per heavy atom. The molecule has 1 spiro atoms. The molecule has 1 atom stereocenters. The zero-order valence-corrected chi connectivity index (χ0v) is 15.3. The fourth-order valence-corrected chi connectivity index (χ4v) is 3.55. The zero-order chi connectivity index (χ0) is 18.9. The van der Waals surface area contributed by atoms with Crippen molar-refractivity contribution in [1.82, 2.24) is 30.2 Å². The van der Waals surface area contributed by atoms with E-state index in [0.717, 1.165) is 0 Å². The van der Waals surface area contributed by atoms with Gasteiger partial charge in [-0.15, -0.1) is 0 Å². The van der Waals surface area contributed by atoms with Gasteiger partial charge in [-0.2, -0.15) is 4.98 Å². The molecule has 0 bridgehead atoms. The third-order valence-electron chi connectivity index (χ3n) is 4.77. The topological polar surface area (TPSA) is 112 Å². The quantitative estimate of drug-likeness (QED) is 0.739. The van der Waals surface area contributed by atoms with Crippen LogP contribution in [0.1, 0.15) is 18.1 Å². The van der Waals surface area contributed by atoms with Crippen LogP contribution in [0, 0.1) is 12.3 Å². The number of nitrogens with one attached hydrogen (secondary N) is 1. The second-order valence-corrected chi connectivity index (χ2v) is 7.28. The molecule has 4 amide bonds. The Morgan fingerprint density at radius 3 is 2.54 bits per heavy atom. The summed E-state index contributed by atoms with van der Waals surface area (Å²) < 4.78 is 5.04. The maximum Gasteiger partial charge on any atom is 0.319 e. The number of rotatable bonds is 2. The molecular weight excluding hydrogens is 340 g/mol. The minimum atomic E-state index is -0.473. The predicted molar refractivity (Wildman–Crippen MR) is 90.0 cm³/mol. The van der Waals surface area contributed by atoms with Gasteiger partial charge in [0, 0.05) is 58.7 Å². The first-order valence-electron chi connectivity index (χ1n) is 8.58. The van der Waals surface area contributed by atoms with Gasteiger partial charge in [0.05, 0.1) is 0 Å². The molecule has 1 aromatic heterocycles. The highest BCUT2D eigenvalue weighted by molar-refractivity contribution is 5.81. The lowest BCUT2D eigenvalue weighted by atomic mass is 9.86. The summed E-state index contributed by atoms with van der Waals surface area (Å²) in [5.74, 6) is 0.553. The third kappa shape index (κ3) is 3.78. The van der Waals surface area contributed by atoms with Crippen LogP contribution in [0.2, 0.25) is 0 Å². The van der Waals surface area contributed by atoms with Gasteiger partial charge in [-0.3, -0.25) is 9.59 Å². The number of hydrogen-bond donors (Lipinski definition) is 1. The van der Waals surface area contributed by atoms with Gasteiger partial charge in [0.15, 0.2) is 5.82 Å². The Morgan fingerprint density at radius 2 is 1.96 bits per heavy atom. The fraction of sp³-hybridized carbons (Fsp3) is 0.688. The van der Waals surface area contributed by atoms with Gasteiger partial charge in [-0.25, -0.2) is 4.79 Å². The molecule has 1 N–H and O–H groups in total. The number of hydrogen-bond acceptors (Lipinski definition) is 6. The normalized spacial score (nSPS) is 23.1. The van der Waals surface area contributed by atoms with Gasteiger partial charge in [-0.05, 0) is 6.92 Å². The highest BCUT2D eigenvalue weighted by atomic mass is 16.5. The van der Waals surface area contributed by atoms with Crippen LogP contribution in [0.4, 0.5) is 4.79 Å². The summed E-state index contributed by atoms with van der Waals surface area (Å²) in [5.41, 5.74) is -0.473. The van der Waals surface area contributed by atoms with Crippen LogP contribution in [0.3, 0.4) is 0 Å². The monoisotopic (exact) mass is 364 g/mol. The summed E-state index contributed by atoms with van der Waals surface area (Å²) in [6, 6.07) is -0.120. The highest BCUT2D eigenvalue weighted by Crippen LogP contribution is 2.31. The standard InChI is InChI=1S/C16H24N6O4/c1-11-18-13(26-19-11)6-14(24)21-4-5-22(15(25)20(2)3)10-16(9-21)7-12(23)17-8-16/h4-10H2,1-3H3,(H,17,23). The molecule has 2 aliphatic rings. The first-order valence-corrected chi connectivity index (χ1v) is 8.58. The van der Waals surface area contributed by atoms with Crippen LogP contribution in [-0.2, 0) is 16.0 Å². The SMILES string of the molecule is Cc1noc(CC(=O)N2CCN(C(=O)N(C)C)CC3(CNC(=O)C3)C2)n1. The Kier molecular flexibility index (Phi) is 4.84. The summed E-state index contributed by atoms with van der Waals surface area (Å²) >= 11 is 0. The third-order valence-corrected chi connectivity index (χ3v) is 4.77. The number of amides is 4. The van der Waals surface area contributed by atoms with E-state index in [1.807, 2.05) is 0 Å². The number of aromatic nitrogens is 2. The lowest BCUT2D eigenvalue weighted by Gasteiger charge is -2.33. The van der Waals surface area contributed by atoms with Gasteiger partial charge in [-0.1, -0.05) is 5.16 Å². The van der Waals surface area contributed by atoms with E-state index in [-0.39, 0.29) is 30.2 Å². The largest absolute Gasteiger partial charge is 0.355 e. The van der Waals surface area contributed by atoms with Crippen molar-refractivity contribution in [3.63, 3.8) is 0 Å². The van der Waals surface area contributed by atoms with Crippen molar-refractivity contribution >= 4 is 17.8 Å². The first kappa shape index (κ1) is 18.2. The molecule has 0 radical (unpaired) electrons. The van der Waals surface area contributed by atoms with E-state index in [2.05, 4.69) is 15.5 Å². The Hall–Kier alpha value is -2.65. The lowest BCUT2D eigenvalue weighted by molar-refractivity contribution is -0.132. The summed E-state index contributed by atoms with van der Waals surface area (Å²) in [5, 5.41) is 6.54. The van der Waals surface area contributed by atoms with E-state index in [1.54, 1.807) is 30.8 Å². The fourth-order valence-electron chi connectivity index (χ4n) is 3.55. The number of carbonyl (C=O) groups is 3. The smallest absolute Gasteiger partial charge is 0.319 e. The van der Waals surface area contributed by atoms with Crippen molar-refractivity contribution in [2.45, 2.75) is 19.8 Å². The maximum absolute atomic E-state index is 12.7. The van der Waals surface area contributed by atoms with Gasteiger partial charge >= 0.3 is 6.03 Å². The van der Waals surface area contributed by atoms with E-state index in [9.17, 15) is 14.4 Å². The molecule has 3 rings (SSSR count). The number of nitrogens with zero attached hydrogens (tertiary/aromatic N) is 5. The molecule has 1 unspecified atom stereocenters. The number of urea groups is 1. The molecule has 0 aromatic carbocycles. The maximum atomic E-state index is 12.7. The second kappa shape index (κ2) is 6.93. The summed E-state index contributed by atoms with van der Waals surface area (Å²) in [6.45, 7) is 3.82. The Balaban J connectivity index is 1.77. The van der Waals surface area contributed by atoms with Crippen molar-refractivity contribution in [3.05, 3.63) is 11.7 Å². The molecule has 0 saturated carbocycles. The van der Waals surface area contributed by atoms with Crippen LogP contribution in [-0.4, -0.2) is 89.5 Å². The van der Waals surface area contributed by atoms with E-state index in [0.29, 0.717) is 45.0 Å². The van der Waals surface area contributed by atoms with Gasteiger partial charge in [0.25, 0.3) is 0 Å². The molecule has 2 saturated heterocycles. The molecule has 2 fully saturated rings. The Bertz CT molecular complexity index is 717. The average Bonchev–Trinajstić information content (AvgIpc) is 3.08. The van der Waals surface area contributed by atoms with Crippen LogP contribution in [0.15, 0.2) is 4.52 Å². The summed E-state index contributed by atoms with van der Waals surface area (Å²) in [6.07, 6.45) is 0.313. The second-order valence-electron chi connectivity index (χ2n) is 7.28. The molecule has 142 valence electrons. The molecule has 2 aliphatic heterocycles. The molecule has 3 heterocycles. The van der Waals surface area contributed by atoms with E-state index >= 15 is 0 Å². The molecule has 10 nitrogen and oxygen atoms in total. The van der Waals surface area contributed by atoms with Crippen LogP contribution in [0.5, 0.6) is 0 Å². The van der Waals surface area contributed by atoms with E-state index in [4.69, 9.17) is 4.52 Å². The minimum Gasteiger partial charge on any atom is -0.355 e. The molecule has 26 heavy (non-hydrogen) atoms. The lowest BCUT2D eigenvalue weighted by Crippen LogP contribution is -2.47. The van der Waals surface area contributed by atoms with Crippen molar-refractivity contribution in [2.75, 3.05) is 46.8 Å². The summed E-state index contributed by atoms with van der Waals surface area (Å²) in [4.78, 5) is 46.0. The van der Waals surface area contributed by atoms with Gasteiger partial charge < -0.3 is 24.5 Å². The predicted octanol–water partition coefficient (Wildman–Crippen LogP) is -0.747. The van der Waals surface area contributed by atoms with Crippen molar-refractivity contribution in [3.8, 4) is 0 Å². The van der Waals surface area contributed by atoms with Crippen LogP contribution >= 0.6 is 0 Å². The molecule has 10 heteroatoms. The van der Waals surface area contributed by atoms with Gasteiger partial charge in [0.1, 0.15) is 6.42 Å². The van der Waals surface area contributed by atoms with Crippen molar-refractivity contribution < 1.29 is 18.9 Å².